The normalized spacial score (nSPS) is 24.1. The number of hydrogen-bond donors (Lipinski definition) is 11. The summed E-state index contributed by atoms with van der Waals surface area (Å²) < 4.78 is 0. The molecule has 0 bridgehead atoms. The fourth-order valence-corrected chi connectivity index (χ4v) is 9.39. The standard InChI is InChI=1S/C45H57N9O9S2/c1-26(55)38-44(61)53-37(45(62)63)25-65-64-24-31(47)39(56)50-34(20-27-12-4-2-5-13-27)41(58)51-35(21-28-14-6-3-7-15-28)42(59)52-36(22-29-23-48-32-17-9-8-16-30(29)32)43(60)49-33(40(57)54-38)18-10-11-19-46/h2-9,12-17,23,26,31,33-38,48,55H,10-11,18-22,24-25,46-47H2,1H3,(H,49,60)(H,50,56)(H,51,58)(H,52,59)(H,53,61)(H,54,57)(H,62,63)/t26-,31+,33+,34+,35+,36-,37+,38+/m1/s1. The highest BCUT2D eigenvalue weighted by Crippen LogP contribution is 2.23. The highest BCUT2D eigenvalue weighted by atomic mass is 33.1. The highest BCUT2D eigenvalue weighted by Gasteiger charge is 2.35. The number of benzene rings is 3. The Hall–Kier alpha value is -5.93. The minimum Gasteiger partial charge on any atom is -0.480 e. The lowest BCUT2D eigenvalue weighted by Crippen LogP contribution is -2.61. The van der Waals surface area contributed by atoms with Crippen LogP contribution in [0.1, 0.15) is 42.9 Å². The molecule has 348 valence electrons. The highest BCUT2D eigenvalue weighted by molar-refractivity contribution is 8.76. The lowest BCUT2D eigenvalue weighted by Gasteiger charge is -2.28. The van der Waals surface area contributed by atoms with E-state index in [1.54, 1.807) is 66.9 Å². The quantitative estimate of drug-likeness (QED) is 0.0680. The monoisotopic (exact) mass is 931 g/mol. The first-order chi connectivity index (χ1) is 31.2. The van der Waals surface area contributed by atoms with Crippen LogP contribution in [0.2, 0.25) is 0 Å². The second-order valence-electron chi connectivity index (χ2n) is 15.8. The van der Waals surface area contributed by atoms with Gasteiger partial charge in [-0.1, -0.05) is 100 Å². The van der Waals surface area contributed by atoms with Crippen molar-refractivity contribution in [1.82, 2.24) is 36.9 Å². The second kappa shape index (κ2) is 24.9. The molecule has 0 spiro atoms. The molecule has 8 atom stereocenters. The first kappa shape index (κ1) is 50.1. The Bertz CT molecular complexity index is 2250. The number of unbranched alkanes of at least 4 members (excludes halogenated alkanes) is 1. The summed E-state index contributed by atoms with van der Waals surface area (Å²) in [6, 6.07) is 15.8. The first-order valence-corrected chi connectivity index (χ1v) is 23.8. The number of aliphatic hydroxyl groups is 1. The summed E-state index contributed by atoms with van der Waals surface area (Å²) in [6.07, 6.45) is 1.04. The zero-order valence-corrected chi connectivity index (χ0v) is 37.5. The Labute approximate surface area is 384 Å². The molecule has 1 saturated heterocycles. The molecule has 0 unspecified atom stereocenters. The van der Waals surface area contributed by atoms with Gasteiger partial charge in [0.1, 0.15) is 36.3 Å². The molecule has 5 rings (SSSR count). The minimum absolute atomic E-state index is 0.0104. The van der Waals surface area contributed by atoms with E-state index >= 15 is 0 Å². The van der Waals surface area contributed by atoms with Gasteiger partial charge in [-0.2, -0.15) is 0 Å². The number of hydrogen-bond acceptors (Lipinski definition) is 12. The van der Waals surface area contributed by atoms with Crippen molar-refractivity contribution in [3.8, 4) is 0 Å². The van der Waals surface area contributed by atoms with Crippen LogP contribution in [0, 0.1) is 0 Å². The number of aromatic nitrogens is 1. The van der Waals surface area contributed by atoms with E-state index in [0.29, 0.717) is 29.5 Å². The van der Waals surface area contributed by atoms with Gasteiger partial charge in [0.2, 0.25) is 35.4 Å². The van der Waals surface area contributed by atoms with Gasteiger partial charge in [0.05, 0.1) is 12.1 Å². The van der Waals surface area contributed by atoms with Crippen molar-refractivity contribution in [2.45, 2.75) is 93.8 Å². The van der Waals surface area contributed by atoms with Crippen molar-refractivity contribution in [3.63, 3.8) is 0 Å². The average molecular weight is 932 g/mol. The zero-order chi connectivity index (χ0) is 46.9. The van der Waals surface area contributed by atoms with E-state index in [2.05, 4.69) is 36.9 Å². The van der Waals surface area contributed by atoms with Crippen molar-refractivity contribution in [2.24, 2.45) is 11.5 Å². The Morgan fingerprint density at radius 1 is 0.646 bits per heavy atom. The summed E-state index contributed by atoms with van der Waals surface area (Å²) in [4.78, 5) is 100. The molecule has 4 aromatic rings. The molecule has 6 amide bonds. The fourth-order valence-electron chi connectivity index (χ4n) is 7.11. The number of H-pyrrole nitrogens is 1. The molecule has 1 aliphatic heterocycles. The fraction of sp³-hybridized carbons (Fsp3) is 0.400. The maximum absolute atomic E-state index is 14.6. The van der Waals surface area contributed by atoms with Crippen LogP contribution in [-0.4, -0.2) is 123 Å². The lowest BCUT2D eigenvalue weighted by molar-refractivity contribution is -0.142. The molecule has 65 heavy (non-hydrogen) atoms. The number of aliphatic hydroxyl groups excluding tert-OH is 1. The predicted molar refractivity (Wildman–Crippen MR) is 249 cm³/mol. The smallest absolute Gasteiger partial charge is 0.327 e. The third-order valence-electron chi connectivity index (χ3n) is 10.7. The summed E-state index contributed by atoms with van der Waals surface area (Å²) in [5, 5.41) is 37.4. The van der Waals surface area contributed by atoms with Crippen LogP contribution < -0.4 is 43.4 Å². The summed E-state index contributed by atoms with van der Waals surface area (Å²) in [5.41, 5.74) is 14.8. The number of amides is 6. The van der Waals surface area contributed by atoms with Gasteiger partial charge in [-0.15, -0.1) is 0 Å². The largest absolute Gasteiger partial charge is 0.480 e. The second-order valence-corrected chi connectivity index (χ2v) is 18.3. The third-order valence-corrected chi connectivity index (χ3v) is 13.2. The molecule has 1 fully saturated rings. The van der Waals surface area contributed by atoms with E-state index in [1.165, 1.54) is 6.92 Å². The Kier molecular flexibility index (Phi) is 19.2. The molecule has 1 aliphatic rings. The predicted octanol–water partition coefficient (Wildman–Crippen LogP) is 0.421. The van der Waals surface area contributed by atoms with Gasteiger partial charge in [0.25, 0.3) is 0 Å². The van der Waals surface area contributed by atoms with E-state index in [0.717, 1.165) is 32.5 Å². The number of aliphatic carboxylic acids is 1. The van der Waals surface area contributed by atoms with Gasteiger partial charge >= 0.3 is 5.97 Å². The number of aromatic amines is 1. The maximum atomic E-state index is 14.6. The average Bonchev–Trinajstić information content (AvgIpc) is 3.70. The molecule has 18 nitrogen and oxygen atoms in total. The number of nitrogens with two attached hydrogens (primary N) is 2. The molecule has 1 aromatic heterocycles. The van der Waals surface area contributed by atoms with Crippen LogP contribution in [0.4, 0.5) is 0 Å². The first-order valence-electron chi connectivity index (χ1n) is 21.3. The third kappa shape index (κ3) is 15.1. The molecular weight excluding hydrogens is 875 g/mol. The van der Waals surface area contributed by atoms with E-state index in [1.807, 2.05) is 24.3 Å². The van der Waals surface area contributed by atoms with E-state index in [9.17, 15) is 43.8 Å². The van der Waals surface area contributed by atoms with Gasteiger partial charge < -0.3 is 58.6 Å². The minimum atomic E-state index is -1.64. The molecule has 20 heteroatoms. The van der Waals surface area contributed by atoms with Crippen molar-refractivity contribution in [3.05, 3.63) is 108 Å². The number of carbonyl (C=O) groups is 7. The Balaban J connectivity index is 1.55. The van der Waals surface area contributed by atoms with Crippen molar-refractivity contribution >= 4 is 73.9 Å². The zero-order valence-electron chi connectivity index (χ0n) is 35.9. The van der Waals surface area contributed by atoms with E-state index < -0.39 is 89.8 Å². The number of rotatable bonds is 12. The molecule has 3 aromatic carbocycles. The summed E-state index contributed by atoms with van der Waals surface area (Å²) in [7, 11) is 2.07. The number of carbonyl (C=O) groups excluding carboxylic acids is 6. The summed E-state index contributed by atoms with van der Waals surface area (Å²) >= 11 is 0. The van der Waals surface area contributed by atoms with Gasteiger partial charge in [-0.3, -0.25) is 28.8 Å². The van der Waals surface area contributed by atoms with Crippen LogP contribution >= 0.6 is 21.6 Å². The molecular formula is C45H57N9O9S2. The summed E-state index contributed by atoms with van der Waals surface area (Å²) in [6.45, 7) is 1.53. The number of carboxylic acid groups (broad SMARTS) is 1. The van der Waals surface area contributed by atoms with Gasteiger partial charge in [0.15, 0.2) is 0 Å². The molecule has 0 radical (unpaired) electrons. The van der Waals surface area contributed by atoms with Crippen molar-refractivity contribution in [2.75, 3.05) is 18.1 Å². The van der Waals surface area contributed by atoms with Crippen LogP contribution in [0.3, 0.4) is 0 Å². The number of nitrogens with one attached hydrogen (secondary N) is 7. The van der Waals surface area contributed by atoms with Crippen molar-refractivity contribution in [1.29, 1.82) is 0 Å². The number of para-hydroxylation sites is 1. The molecule has 13 N–H and O–H groups in total. The SMILES string of the molecule is C[C@@H](O)[C@@H]1NC(=O)[C@H](CCCCN)NC(=O)[C@@H](Cc2c[nH]c3ccccc23)NC(=O)[C@H](Cc2ccccc2)NC(=O)[C@H](Cc2ccccc2)NC(=O)[C@@H](N)CSSC[C@@H](C(=O)O)NC1=O. The van der Waals surface area contributed by atoms with Gasteiger partial charge in [-0.25, -0.2) is 4.79 Å². The Morgan fingerprint density at radius 2 is 1.15 bits per heavy atom. The van der Waals surface area contributed by atoms with Crippen LogP contribution in [0.5, 0.6) is 0 Å². The topological polar surface area (TPSA) is 300 Å². The van der Waals surface area contributed by atoms with E-state index in [4.69, 9.17) is 11.5 Å². The number of fused-ring (bicyclic) bond motifs is 1. The van der Waals surface area contributed by atoms with Gasteiger partial charge in [0, 0.05) is 47.9 Å². The molecule has 0 saturated carbocycles. The van der Waals surface area contributed by atoms with Gasteiger partial charge in [-0.05, 0) is 55.5 Å². The molecule has 0 aliphatic carbocycles. The maximum Gasteiger partial charge on any atom is 0.327 e. The number of carboxylic acids is 1. The van der Waals surface area contributed by atoms with E-state index in [-0.39, 0.29) is 43.7 Å². The molecule has 2 heterocycles. The van der Waals surface area contributed by atoms with Crippen LogP contribution in [-0.2, 0) is 52.8 Å². The Morgan fingerprint density at radius 3 is 1.72 bits per heavy atom. The van der Waals surface area contributed by atoms with Crippen molar-refractivity contribution < 1.29 is 43.8 Å². The lowest BCUT2D eigenvalue weighted by atomic mass is 10.00. The summed E-state index contributed by atoms with van der Waals surface area (Å²) in [5.74, 6) is -6.37. The van der Waals surface area contributed by atoms with Crippen LogP contribution in [0.25, 0.3) is 10.9 Å². The van der Waals surface area contributed by atoms with Crippen LogP contribution in [0.15, 0.2) is 91.1 Å².